The maximum absolute atomic E-state index is 12.7. The molecular formula is C12H21Cl2F2N5O. The van der Waals surface area contributed by atoms with Gasteiger partial charge in [0.25, 0.3) is 0 Å². The number of piperazine rings is 1. The number of halogens is 4. The number of carbonyl (C=O) groups is 1. The summed E-state index contributed by atoms with van der Waals surface area (Å²) in [5, 5.41) is 0. The highest BCUT2D eigenvalue weighted by Gasteiger charge is 2.22. The number of hydrogen-bond donors (Lipinski definition) is 1. The Bertz CT molecular complexity index is 452. The van der Waals surface area contributed by atoms with E-state index in [0.29, 0.717) is 51.5 Å². The Morgan fingerprint density at radius 3 is 2.45 bits per heavy atom. The van der Waals surface area contributed by atoms with Crippen LogP contribution in [-0.4, -0.2) is 58.0 Å². The molecule has 1 saturated heterocycles. The average Bonchev–Trinajstić information content (AvgIpc) is 2.88. The molecule has 1 amide bonds. The summed E-state index contributed by atoms with van der Waals surface area (Å²) in [6.45, 7) is 0.683. The number of imidazole rings is 1. The molecule has 128 valence electrons. The van der Waals surface area contributed by atoms with Crippen LogP contribution in [0, 0.1) is 0 Å². The minimum Gasteiger partial charge on any atom is -0.340 e. The minimum absolute atomic E-state index is 0. The molecule has 1 fully saturated rings. The highest BCUT2D eigenvalue weighted by molar-refractivity contribution is 5.85. The summed E-state index contributed by atoms with van der Waals surface area (Å²) in [5.41, 5.74) is 5.36. The number of aromatic nitrogens is 2. The monoisotopic (exact) mass is 359 g/mol. The van der Waals surface area contributed by atoms with E-state index in [0.717, 1.165) is 4.57 Å². The largest absolute Gasteiger partial charge is 0.340 e. The van der Waals surface area contributed by atoms with Crippen LogP contribution in [0.2, 0.25) is 0 Å². The molecule has 22 heavy (non-hydrogen) atoms. The van der Waals surface area contributed by atoms with Gasteiger partial charge in [0.15, 0.2) is 0 Å². The first-order chi connectivity index (χ1) is 9.61. The third-order valence-electron chi connectivity index (χ3n) is 3.41. The van der Waals surface area contributed by atoms with Gasteiger partial charge in [0.2, 0.25) is 5.91 Å². The third kappa shape index (κ3) is 5.35. The smallest absolute Gasteiger partial charge is 0.319 e. The van der Waals surface area contributed by atoms with Crippen molar-refractivity contribution >= 4 is 30.7 Å². The summed E-state index contributed by atoms with van der Waals surface area (Å²) >= 11 is 0. The summed E-state index contributed by atoms with van der Waals surface area (Å²) < 4.78 is 26.3. The van der Waals surface area contributed by atoms with Gasteiger partial charge >= 0.3 is 6.55 Å². The Labute approximate surface area is 140 Å². The van der Waals surface area contributed by atoms with Crippen molar-refractivity contribution < 1.29 is 13.6 Å². The van der Waals surface area contributed by atoms with E-state index in [1.165, 1.54) is 12.4 Å². The van der Waals surface area contributed by atoms with E-state index in [9.17, 15) is 13.6 Å². The fourth-order valence-electron chi connectivity index (χ4n) is 2.28. The first-order valence-electron chi connectivity index (χ1n) is 6.62. The van der Waals surface area contributed by atoms with Gasteiger partial charge in [-0.25, -0.2) is 4.98 Å². The van der Waals surface area contributed by atoms with Gasteiger partial charge in [0, 0.05) is 51.5 Å². The van der Waals surface area contributed by atoms with Crippen molar-refractivity contribution in [3.63, 3.8) is 0 Å². The molecule has 2 heterocycles. The molecule has 2 rings (SSSR count). The SMILES string of the molecule is Cl.Cl.NCCC(=O)N1CCN(Cc2nccn2C(F)F)CC1. The second kappa shape index (κ2) is 9.94. The lowest BCUT2D eigenvalue weighted by molar-refractivity contribution is -0.132. The van der Waals surface area contributed by atoms with Gasteiger partial charge in [-0.05, 0) is 0 Å². The molecule has 2 N–H and O–H groups in total. The fraction of sp³-hybridized carbons (Fsp3) is 0.667. The number of amides is 1. The van der Waals surface area contributed by atoms with Gasteiger partial charge in [-0.2, -0.15) is 8.78 Å². The highest BCUT2D eigenvalue weighted by Crippen LogP contribution is 2.15. The number of alkyl halides is 2. The standard InChI is InChI=1S/C12H19F2N5O.2ClH/c13-12(14)19-4-3-16-10(19)9-17-5-7-18(8-6-17)11(20)1-2-15;;/h3-4,12H,1-2,5-9,15H2;2*1H. The summed E-state index contributed by atoms with van der Waals surface area (Å²) in [4.78, 5) is 19.4. The van der Waals surface area contributed by atoms with Gasteiger partial charge in [-0.3, -0.25) is 14.3 Å². The van der Waals surface area contributed by atoms with Crippen LogP contribution in [-0.2, 0) is 11.3 Å². The van der Waals surface area contributed by atoms with Gasteiger partial charge in [0.05, 0.1) is 6.54 Å². The van der Waals surface area contributed by atoms with E-state index < -0.39 is 6.55 Å². The van der Waals surface area contributed by atoms with Gasteiger partial charge in [-0.15, -0.1) is 24.8 Å². The molecule has 0 aliphatic carbocycles. The molecule has 0 saturated carbocycles. The number of hydrogen-bond acceptors (Lipinski definition) is 4. The second-order valence-electron chi connectivity index (χ2n) is 4.72. The highest BCUT2D eigenvalue weighted by atomic mass is 35.5. The fourth-order valence-corrected chi connectivity index (χ4v) is 2.28. The van der Waals surface area contributed by atoms with Crippen LogP contribution in [0.5, 0.6) is 0 Å². The molecule has 1 aromatic heterocycles. The lowest BCUT2D eigenvalue weighted by Crippen LogP contribution is -2.48. The second-order valence-corrected chi connectivity index (χ2v) is 4.72. The quantitative estimate of drug-likeness (QED) is 0.855. The van der Waals surface area contributed by atoms with Crippen LogP contribution in [0.1, 0.15) is 18.8 Å². The predicted octanol–water partition coefficient (Wildman–Crippen LogP) is 1.11. The maximum atomic E-state index is 12.7. The number of rotatable bonds is 5. The summed E-state index contributed by atoms with van der Waals surface area (Å²) in [6.07, 6.45) is 3.01. The molecule has 0 atom stereocenters. The summed E-state index contributed by atoms with van der Waals surface area (Å²) in [5.74, 6) is 0.406. The topological polar surface area (TPSA) is 67.4 Å². The summed E-state index contributed by atoms with van der Waals surface area (Å²) in [6, 6.07) is 0. The first kappa shape index (κ1) is 21.0. The van der Waals surface area contributed by atoms with Crippen molar-refractivity contribution in [1.82, 2.24) is 19.4 Å². The zero-order valence-electron chi connectivity index (χ0n) is 12.0. The predicted molar refractivity (Wildman–Crippen MR) is 83.5 cm³/mol. The van der Waals surface area contributed by atoms with Crippen LogP contribution >= 0.6 is 24.8 Å². The zero-order valence-corrected chi connectivity index (χ0v) is 13.7. The number of nitrogens with two attached hydrogens (primary N) is 1. The molecule has 1 aliphatic rings. The van der Waals surface area contributed by atoms with E-state index in [-0.39, 0.29) is 30.7 Å². The molecule has 10 heteroatoms. The van der Waals surface area contributed by atoms with Crippen LogP contribution in [0.15, 0.2) is 12.4 Å². The van der Waals surface area contributed by atoms with Gasteiger partial charge in [-0.1, -0.05) is 0 Å². The van der Waals surface area contributed by atoms with E-state index in [1.54, 1.807) is 4.90 Å². The lowest BCUT2D eigenvalue weighted by Gasteiger charge is -2.34. The van der Waals surface area contributed by atoms with Gasteiger partial charge < -0.3 is 10.6 Å². The number of nitrogens with zero attached hydrogens (tertiary/aromatic N) is 4. The van der Waals surface area contributed by atoms with Crippen molar-refractivity contribution in [2.45, 2.75) is 19.5 Å². The molecule has 1 aromatic rings. The molecule has 0 bridgehead atoms. The van der Waals surface area contributed by atoms with E-state index in [4.69, 9.17) is 5.73 Å². The van der Waals surface area contributed by atoms with Crippen molar-refractivity contribution in [3.8, 4) is 0 Å². The molecule has 0 radical (unpaired) electrons. The molecule has 0 aromatic carbocycles. The Hall–Kier alpha value is -0.960. The Morgan fingerprint density at radius 2 is 1.91 bits per heavy atom. The van der Waals surface area contributed by atoms with Crippen LogP contribution < -0.4 is 5.73 Å². The van der Waals surface area contributed by atoms with Crippen LogP contribution in [0.25, 0.3) is 0 Å². The van der Waals surface area contributed by atoms with Crippen molar-refractivity contribution in [1.29, 1.82) is 0 Å². The van der Waals surface area contributed by atoms with Crippen LogP contribution in [0.3, 0.4) is 0 Å². The molecule has 6 nitrogen and oxygen atoms in total. The van der Waals surface area contributed by atoms with Crippen molar-refractivity contribution in [2.24, 2.45) is 5.73 Å². The van der Waals surface area contributed by atoms with Crippen molar-refractivity contribution in [3.05, 3.63) is 18.2 Å². The third-order valence-corrected chi connectivity index (χ3v) is 3.41. The summed E-state index contributed by atoms with van der Waals surface area (Å²) in [7, 11) is 0. The average molecular weight is 360 g/mol. The normalized spacial score (nSPS) is 15.4. The van der Waals surface area contributed by atoms with E-state index >= 15 is 0 Å². The minimum atomic E-state index is -2.57. The van der Waals surface area contributed by atoms with E-state index in [2.05, 4.69) is 4.98 Å². The number of carbonyl (C=O) groups excluding carboxylic acids is 1. The molecular weight excluding hydrogens is 339 g/mol. The zero-order chi connectivity index (χ0) is 14.5. The lowest BCUT2D eigenvalue weighted by atomic mass is 10.2. The van der Waals surface area contributed by atoms with Crippen molar-refractivity contribution in [2.75, 3.05) is 32.7 Å². The Morgan fingerprint density at radius 1 is 1.27 bits per heavy atom. The molecule has 0 unspecified atom stereocenters. The molecule has 0 spiro atoms. The first-order valence-corrected chi connectivity index (χ1v) is 6.62. The Balaban J connectivity index is 0.00000220. The Kier molecular flexibility index (Phi) is 9.50. The van der Waals surface area contributed by atoms with Crippen LogP contribution in [0.4, 0.5) is 8.78 Å². The maximum Gasteiger partial charge on any atom is 0.319 e. The molecule has 1 aliphatic heterocycles. The van der Waals surface area contributed by atoms with Gasteiger partial charge in [0.1, 0.15) is 5.82 Å². The van der Waals surface area contributed by atoms with E-state index in [1.807, 2.05) is 4.90 Å².